The fraction of sp³-hybridized carbons (Fsp3) is 0.667. The summed E-state index contributed by atoms with van der Waals surface area (Å²) in [7, 11) is 3.96. The Morgan fingerprint density at radius 3 is 3.06 bits per heavy atom. The van der Waals surface area contributed by atoms with E-state index in [9.17, 15) is 4.79 Å². The summed E-state index contributed by atoms with van der Waals surface area (Å²) in [6.45, 7) is 1.88. The van der Waals surface area contributed by atoms with Crippen molar-refractivity contribution < 1.29 is 4.79 Å². The van der Waals surface area contributed by atoms with Gasteiger partial charge in [0.2, 0.25) is 0 Å². The molecule has 5 nitrogen and oxygen atoms in total. The van der Waals surface area contributed by atoms with Gasteiger partial charge in [-0.25, -0.2) is 4.98 Å². The van der Waals surface area contributed by atoms with Crippen molar-refractivity contribution in [3.63, 3.8) is 0 Å². The molecule has 0 bridgehead atoms. The number of likely N-dealkylation sites (tertiary alicyclic amines) is 1. The highest BCUT2D eigenvalue weighted by Crippen LogP contribution is 2.17. The fourth-order valence-electron chi connectivity index (χ4n) is 2.36. The van der Waals surface area contributed by atoms with Crippen molar-refractivity contribution in [2.75, 3.05) is 32.9 Å². The van der Waals surface area contributed by atoms with Gasteiger partial charge in [0, 0.05) is 25.0 Å². The van der Waals surface area contributed by atoms with E-state index in [4.69, 9.17) is 5.73 Å². The Labute approximate surface area is 112 Å². The van der Waals surface area contributed by atoms with Crippen molar-refractivity contribution >= 4 is 22.4 Å². The van der Waals surface area contributed by atoms with Crippen LogP contribution in [-0.4, -0.2) is 53.9 Å². The minimum absolute atomic E-state index is 0.0399. The maximum atomic E-state index is 12.1. The molecular weight excluding hydrogens is 248 g/mol. The predicted molar refractivity (Wildman–Crippen MR) is 73.8 cm³/mol. The Morgan fingerprint density at radius 2 is 2.44 bits per heavy atom. The number of anilines is 1. The number of rotatable bonds is 3. The molecule has 100 valence electrons. The third kappa shape index (κ3) is 3.00. The topological polar surface area (TPSA) is 62.5 Å². The molecule has 1 aliphatic rings. The number of hydrogen-bond donors (Lipinski definition) is 1. The van der Waals surface area contributed by atoms with Gasteiger partial charge in [-0.3, -0.25) is 4.79 Å². The molecule has 1 fully saturated rings. The van der Waals surface area contributed by atoms with Gasteiger partial charge >= 0.3 is 0 Å². The van der Waals surface area contributed by atoms with E-state index in [-0.39, 0.29) is 5.91 Å². The largest absolute Gasteiger partial charge is 0.375 e. The van der Waals surface area contributed by atoms with Gasteiger partial charge in [-0.2, -0.15) is 0 Å². The van der Waals surface area contributed by atoms with Gasteiger partial charge in [0.05, 0.1) is 0 Å². The molecule has 1 atom stereocenters. The standard InChI is InChI=1S/C12H20N4OS/c1-15-6-4-3-5-9(15)7-16(2)11(17)10-8-18-12(13)14-10/h8-9H,3-7H2,1-2H3,(H2,13,14)/t9-/m0/s1. The van der Waals surface area contributed by atoms with Crippen molar-refractivity contribution in [2.45, 2.75) is 25.3 Å². The van der Waals surface area contributed by atoms with Crippen LogP contribution in [0.15, 0.2) is 5.38 Å². The highest BCUT2D eigenvalue weighted by Gasteiger charge is 2.23. The first-order valence-electron chi connectivity index (χ1n) is 6.24. The molecule has 2 N–H and O–H groups in total. The summed E-state index contributed by atoms with van der Waals surface area (Å²) in [5.41, 5.74) is 6.01. The third-order valence-corrected chi connectivity index (χ3v) is 4.17. The van der Waals surface area contributed by atoms with Crippen LogP contribution in [0.2, 0.25) is 0 Å². The second kappa shape index (κ2) is 5.67. The number of nitrogen functional groups attached to an aromatic ring is 1. The first kappa shape index (κ1) is 13.3. The molecule has 0 spiro atoms. The molecule has 1 saturated heterocycles. The summed E-state index contributed by atoms with van der Waals surface area (Å²) < 4.78 is 0. The van der Waals surface area contributed by atoms with E-state index in [1.54, 1.807) is 10.3 Å². The van der Waals surface area contributed by atoms with Crippen LogP contribution in [0.3, 0.4) is 0 Å². The normalized spacial score (nSPS) is 20.9. The lowest BCUT2D eigenvalue weighted by molar-refractivity contribution is 0.0712. The second-order valence-electron chi connectivity index (χ2n) is 4.89. The number of piperidine rings is 1. The Morgan fingerprint density at radius 1 is 1.67 bits per heavy atom. The number of thiazole rings is 1. The first-order valence-corrected chi connectivity index (χ1v) is 7.12. The Bertz CT molecular complexity index is 420. The molecule has 0 unspecified atom stereocenters. The fourth-order valence-corrected chi connectivity index (χ4v) is 2.89. The van der Waals surface area contributed by atoms with E-state index in [1.165, 1.54) is 24.2 Å². The summed E-state index contributed by atoms with van der Waals surface area (Å²) in [4.78, 5) is 20.3. The van der Waals surface area contributed by atoms with Crippen molar-refractivity contribution in [3.8, 4) is 0 Å². The third-order valence-electron chi connectivity index (χ3n) is 3.49. The maximum Gasteiger partial charge on any atom is 0.273 e. The molecule has 1 amide bonds. The molecule has 2 heterocycles. The van der Waals surface area contributed by atoms with E-state index >= 15 is 0 Å². The average molecular weight is 268 g/mol. The minimum atomic E-state index is -0.0399. The van der Waals surface area contributed by atoms with Gasteiger partial charge < -0.3 is 15.5 Å². The number of hydrogen-bond acceptors (Lipinski definition) is 5. The quantitative estimate of drug-likeness (QED) is 0.897. The number of carbonyl (C=O) groups is 1. The van der Waals surface area contributed by atoms with Crippen molar-refractivity contribution in [1.82, 2.24) is 14.8 Å². The minimum Gasteiger partial charge on any atom is -0.375 e. The highest BCUT2D eigenvalue weighted by atomic mass is 32.1. The van der Waals surface area contributed by atoms with Crippen molar-refractivity contribution in [1.29, 1.82) is 0 Å². The molecule has 1 aliphatic heterocycles. The number of likely N-dealkylation sites (N-methyl/N-ethyl adjacent to an activating group) is 2. The van der Waals surface area contributed by atoms with E-state index < -0.39 is 0 Å². The molecule has 1 aromatic rings. The lowest BCUT2D eigenvalue weighted by Gasteiger charge is -2.34. The van der Waals surface area contributed by atoms with Gasteiger partial charge in [-0.1, -0.05) is 6.42 Å². The van der Waals surface area contributed by atoms with Crippen LogP contribution in [0.25, 0.3) is 0 Å². The number of aromatic nitrogens is 1. The average Bonchev–Trinajstić information content (AvgIpc) is 2.78. The van der Waals surface area contributed by atoms with Crippen molar-refractivity contribution in [2.24, 2.45) is 0 Å². The van der Waals surface area contributed by atoms with E-state index in [2.05, 4.69) is 16.9 Å². The molecule has 2 rings (SSSR count). The van der Waals surface area contributed by atoms with Gasteiger partial charge in [0.25, 0.3) is 5.91 Å². The number of amides is 1. The zero-order valence-electron chi connectivity index (χ0n) is 10.9. The van der Waals surface area contributed by atoms with Gasteiger partial charge in [0.15, 0.2) is 5.13 Å². The van der Waals surface area contributed by atoms with E-state index in [0.717, 1.165) is 19.5 Å². The Kier molecular flexibility index (Phi) is 4.19. The van der Waals surface area contributed by atoms with Gasteiger partial charge in [-0.15, -0.1) is 11.3 Å². The molecular formula is C12H20N4OS. The van der Waals surface area contributed by atoms with Crippen LogP contribution in [0.4, 0.5) is 5.13 Å². The summed E-state index contributed by atoms with van der Waals surface area (Å²) in [5.74, 6) is -0.0399. The molecule has 0 saturated carbocycles. The van der Waals surface area contributed by atoms with Crippen molar-refractivity contribution in [3.05, 3.63) is 11.1 Å². The van der Waals surface area contributed by atoms with Crippen LogP contribution in [0, 0.1) is 0 Å². The zero-order valence-corrected chi connectivity index (χ0v) is 11.7. The van der Waals surface area contributed by atoms with Crippen LogP contribution in [-0.2, 0) is 0 Å². The molecule has 1 aromatic heterocycles. The number of carbonyl (C=O) groups excluding carboxylic acids is 1. The number of nitrogens with zero attached hydrogens (tertiary/aromatic N) is 3. The molecule has 0 aliphatic carbocycles. The lowest BCUT2D eigenvalue weighted by Crippen LogP contribution is -2.45. The van der Waals surface area contributed by atoms with Crippen LogP contribution in [0.1, 0.15) is 29.8 Å². The maximum absolute atomic E-state index is 12.1. The number of nitrogens with two attached hydrogens (primary N) is 1. The van der Waals surface area contributed by atoms with Gasteiger partial charge in [0.1, 0.15) is 5.69 Å². The summed E-state index contributed by atoms with van der Waals surface area (Å²) in [6, 6.07) is 0.462. The summed E-state index contributed by atoms with van der Waals surface area (Å²) >= 11 is 1.31. The molecule has 0 radical (unpaired) electrons. The van der Waals surface area contributed by atoms with Crippen LogP contribution >= 0.6 is 11.3 Å². The van der Waals surface area contributed by atoms with E-state index in [1.807, 2.05) is 7.05 Å². The van der Waals surface area contributed by atoms with E-state index in [0.29, 0.717) is 16.9 Å². The second-order valence-corrected chi connectivity index (χ2v) is 5.78. The molecule has 0 aromatic carbocycles. The predicted octanol–water partition coefficient (Wildman–Crippen LogP) is 1.28. The SMILES string of the molecule is CN(C[C@@H]1CCCCN1C)C(=O)c1csc(N)n1. The highest BCUT2D eigenvalue weighted by molar-refractivity contribution is 7.13. The smallest absolute Gasteiger partial charge is 0.273 e. The lowest BCUT2D eigenvalue weighted by atomic mass is 10.0. The Balaban J connectivity index is 1.94. The first-order chi connectivity index (χ1) is 8.58. The zero-order chi connectivity index (χ0) is 13.1. The summed E-state index contributed by atoms with van der Waals surface area (Å²) in [5, 5.41) is 2.17. The Hall–Kier alpha value is -1.14. The molecule has 18 heavy (non-hydrogen) atoms. The van der Waals surface area contributed by atoms with Crippen LogP contribution in [0.5, 0.6) is 0 Å². The monoisotopic (exact) mass is 268 g/mol. The van der Waals surface area contributed by atoms with Crippen LogP contribution < -0.4 is 5.73 Å². The van der Waals surface area contributed by atoms with Gasteiger partial charge in [-0.05, 0) is 26.4 Å². The summed E-state index contributed by atoms with van der Waals surface area (Å²) in [6.07, 6.45) is 3.67. The molecule has 6 heteroatoms.